The van der Waals surface area contributed by atoms with Gasteiger partial charge in [-0.15, -0.1) is 0 Å². The minimum atomic E-state index is -0.617. The quantitative estimate of drug-likeness (QED) is 0.617. The molecule has 4 amide bonds. The van der Waals surface area contributed by atoms with Gasteiger partial charge >= 0.3 is 6.03 Å². The second-order valence-electron chi connectivity index (χ2n) is 9.67. The van der Waals surface area contributed by atoms with E-state index in [1.165, 1.54) is 23.3 Å². The highest BCUT2D eigenvalue weighted by atomic mass is 19.1. The molecule has 1 atom stereocenters. The maximum atomic E-state index is 13.2. The molecule has 0 radical (unpaired) electrons. The number of likely N-dealkylation sites (tertiary alicyclic amines) is 1. The fraction of sp³-hybridized carbons (Fsp3) is 0.464. The molecule has 1 fully saturated rings. The number of carbonyl (C=O) groups excluding carboxylic acids is 3. The van der Waals surface area contributed by atoms with E-state index in [-0.39, 0.29) is 30.1 Å². The molecule has 0 saturated carbocycles. The molecule has 2 N–H and O–H groups in total. The van der Waals surface area contributed by atoms with Gasteiger partial charge in [0.2, 0.25) is 11.8 Å². The predicted octanol–water partition coefficient (Wildman–Crippen LogP) is 3.62. The Hall–Kier alpha value is -3.42. The fourth-order valence-electron chi connectivity index (χ4n) is 5.05. The lowest BCUT2D eigenvalue weighted by atomic mass is 9.92. The third-order valence-corrected chi connectivity index (χ3v) is 7.15. The molecule has 2 aliphatic heterocycles. The molecule has 8 heteroatoms. The van der Waals surface area contributed by atoms with Gasteiger partial charge in [-0.05, 0) is 54.5 Å². The summed E-state index contributed by atoms with van der Waals surface area (Å²) in [6, 6.07) is 13.1. The summed E-state index contributed by atoms with van der Waals surface area (Å²) in [4.78, 5) is 42.5. The minimum absolute atomic E-state index is 0.0732. The van der Waals surface area contributed by atoms with E-state index in [9.17, 15) is 18.8 Å². The topological polar surface area (TPSA) is 81.8 Å². The summed E-state index contributed by atoms with van der Waals surface area (Å²) < 4.78 is 13.1. The van der Waals surface area contributed by atoms with Gasteiger partial charge in [0.05, 0.1) is 0 Å². The van der Waals surface area contributed by atoms with Crippen LogP contribution in [-0.2, 0) is 29.1 Å². The molecule has 7 nitrogen and oxygen atoms in total. The normalized spacial score (nSPS) is 16.7. The molecule has 2 aromatic rings. The summed E-state index contributed by atoms with van der Waals surface area (Å²) >= 11 is 0. The Morgan fingerprint density at radius 2 is 1.67 bits per heavy atom. The zero-order valence-electron chi connectivity index (χ0n) is 20.8. The number of piperidine rings is 1. The Morgan fingerprint density at radius 1 is 0.972 bits per heavy atom. The summed E-state index contributed by atoms with van der Waals surface area (Å²) in [7, 11) is 0. The van der Waals surface area contributed by atoms with E-state index < -0.39 is 12.1 Å². The molecule has 0 aromatic heterocycles. The van der Waals surface area contributed by atoms with Crippen LogP contribution in [0.2, 0.25) is 0 Å². The largest absolute Gasteiger partial charge is 0.341 e. The van der Waals surface area contributed by atoms with Crippen molar-refractivity contribution in [2.45, 2.75) is 58.2 Å². The van der Waals surface area contributed by atoms with Crippen molar-refractivity contribution in [1.29, 1.82) is 0 Å². The number of rotatable bonds is 7. The molecule has 0 bridgehead atoms. The number of hydrogen-bond donors (Lipinski definition) is 2. The van der Waals surface area contributed by atoms with Crippen LogP contribution in [-0.4, -0.2) is 53.3 Å². The van der Waals surface area contributed by atoms with Gasteiger partial charge in [0, 0.05) is 38.6 Å². The van der Waals surface area contributed by atoms with Crippen LogP contribution in [0.15, 0.2) is 48.5 Å². The lowest BCUT2D eigenvalue weighted by Gasteiger charge is -2.37. The summed E-state index contributed by atoms with van der Waals surface area (Å²) in [5.41, 5.74) is 3.31. The lowest BCUT2D eigenvalue weighted by molar-refractivity contribution is -0.142. The van der Waals surface area contributed by atoms with Crippen LogP contribution in [0.5, 0.6) is 0 Å². The second-order valence-corrected chi connectivity index (χ2v) is 9.67. The van der Waals surface area contributed by atoms with E-state index in [1.54, 1.807) is 17.0 Å². The first kappa shape index (κ1) is 25.7. The van der Waals surface area contributed by atoms with Gasteiger partial charge in [-0.3, -0.25) is 9.59 Å². The van der Waals surface area contributed by atoms with E-state index >= 15 is 0 Å². The van der Waals surface area contributed by atoms with Crippen molar-refractivity contribution in [2.75, 3.05) is 19.6 Å². The van der Waals surface area contributed by atoms with Crippen molar-refractivity contribution < 1.29 is 18.8 Å². The first-order chi connectivity index (χ1) is 17.4. The third-order valence-electron chi connectivity index (χ3n) is 7.15. The standard InChI is InChI=1S/C28H35FN4O3/c1-2-5-25(31-28(36)30-18-20-8-10-24(29)11-9-20)27(35)32-15-13-22(14-16-32)26(34)33-17-12-21-6-3-4-7-23(21)19-33/h3-4,6-11,22,25H,2,5,12-19H2,1H3,(H2,30,31,36). The van der Waals surface area contributed by atoms with Gasteiger partial charge in [-0.25, -0.2) is 9.18 Å². The Bertz CT molecular complexity index is 1070. The van der Waals surface area contributed by atoms with E-state index in [0.717, 1.165) is 24.9 Å². The Kier molecular flexibility index (Phi) is 8.57. The number of fused-ring (bicyclic) bond motifs is 1. The highest BCUT2D eigenvalue weighted by Gasteiger charge is 2.33. The van der Waals surface area contributed by atoms with E-state index in [0.29, 0.717) is 38.9 Å². The molecule has 192 valence electrons. The van der Waals surface area contributed by atoms with Gasteiger partial charge in [0.25, 0.3) is 0 Å². The van der Waals surface area contributed by atoms with E-state index in [1.807, 2.05) is 24.0 Å². The summed E-state index contributed by atoms with van der Waals surface area (Å²) in [6.07, 6.45) is 3.44. The Labute approximate surface area is 212 Å². The number of amides is 4. The van der Waals surface area contributed by atoms with Crippen LogP contribution in [0.25, 0.3) is 0 Å². The molecule has 0 aliphatic carbocycles. The summed E-state index contributed by atoms with van der Waals surface area (Å²) in [5.74, 6) is -0.328. The number of halogens is 1. The Morgan fingerprint density at radius 3 is 2.36 bits per heavy atom. The summed E-state index contributed by atoms with van der Waals surface area (Å²) in [5, 5.41) is 5.54. The van der Waals surface area contributed by atoms with Crippen LogP contribution < -0.4 is 10.6 Å². The number of benzene rings is 2. The van der Waals surface area contributed by atoms with Gasteiger partial charge in [0.15, 0.2) is 0 Å². The maximum absolute atomic E-state index is 13.2. The highest BCUT2D eigenvalue weighted by Crippen LogP contribution is 2.25. The molecule has 0 spiro atoms. The second kappa shape index (κ2) is 12.0. The van der Waals surface area contributed by atoms with Crippen LogP contribution in [0.4, 0.5) is 9.18 Å². The van der Waals surface area contributed by atoms with Crippen molar-refractivity contribution in [2.24, 2.45) is 5.92 Å². The highest BCUT2D eigenvalue weighted by molar-refractivity contribution is 5.87. The fourth-order valence-corrected chi connectivity index (χ4v) is 5.05. The number of nitrogens with zero attached hydrogens (tertiary/aromatic N) is 2. The lowest BCUT2D eigenvalue weighted by Crippen LogP contribution is -2.53. The first-order valence-corrected chi connectivity index (χ1v) is 12.9. The van der Waals surface area contributed by atoms with Crippen molar-refractivity contribution in [3.05, 3.63) is 71.0 Å². The molecule has 36 heavy (non-hydrogen) atoms. The van der Waals surface area contributed by atoms with Crippen molar-refractivity contribution >= 4 is 17.8 Å². The van der Waals surface area contributed by atoms with Crippen LogP contribution >= 0.6 is 0 Å². The number of hydrogen-bond acceptors (Lipinski definition) is 3. The molecule has 1 saturated heterocycles. The SMILES string of the molecule is CCCC(NC(=O)NCc1ccc(F)cc1)C(=O)N1CCC(C(=O)N2CCc3ccccc3C2)CC1. The number of nitrogens with one attached hydrogen (secondary N) is 2. The first-order valence-electron chi connectivity index (χ1n) is 12.9. The van der Waals surface area contributed by atoms with Crippen molar-refractivity contribution in [1.82, 2.24) is 20.4 Å². The third kappa shape index (κ3) is 6.42. The van der Waals surface area contributed by atoms with Gasteiger partial charge < -0.3 is 20.4 Å². The van der Waals surface area contributed by atoms with E-state index in [4.69, 9.17) is 0 Å². The maximum Gasteiger partial charge on any atom is 0.315 e. The molecule has 2 heterocycles. The smallest absolute Gasteiger partial charge is 0.315 e. The molecular formula is C28H35FN4O3. The van der Waals surface area contributed by atoms with Crippen LogP contribution in [0.3, 0.4) is 0 Å². The van der Waals surface area contributed by atoms with Crippen molar-refractivity contribution in [3.8, 4) is 0 Å². The Balaban J connectivity index is 1.26. The molecular weight excluding hydrogens is 459 g/mol. The number of urea groups is 1. The molecule has 2 aromatic carbocycles. The summed E-state index contributed by atoms with van der Waals surface area (Å²) in [6.45, 7) is 4.64. The zero-order valence-corrected chi connectivity index (χ0v) is 20.8. The van der Waals surface area contributed by atoms with Gasteiger partial charge in [-0.1, -0.05) is 49.7 Å². The average molecular weight is 495 g/mol. The molecule has 1 unspecified atom stereocenters. The zero-order chi connectivity index (χ0) is 25.5. The number of carbonyl (C=O) groups is 3. The van der Waals surface area contributed by atoms with Crippen LogP contribution in [0, 0.1) is 11.7 Å². The predicted molar refractivity (Wildman–Crippen MR) is 135 cm³/mol. The average Bonchev–Trinajstić information content (AvgIpc) is 2.91. The van der Waals surface area contributed by atoms with Crippen molar-refractivity contribution in [3.63, 3.8) is 0 Å². The monoisotopic (exact) mass is 494 g/mol. The van der Waals surface area contributed by atoms with Gasteiger partial charge in [0.1, 0.15) is 11.9 Å². The van der Waals surface area contributed by atoms with E-state index in [2.05, 4.69) is 22.8 Å². The van der Waals surface area contributed by atoms with Crippen LogP contribution in [0.1, 0.15) is 49.3 Å². The minimum Gasteiger partial charge on any atom is -0.341 e. The van der Waals surface area contributed by atoms with Gasteiger partial charge in [-0.2, -0.15) is 0 Å². The molecule has 4 rings (SSSR count). The molecule has 2 aliphatic rings.